The first-order valence-corrected chi connectivity index (χ1v) is 5.61. The fourth-order valence-electron chi connectivity index (χ4n) is 2.37. The van der Waals surface area contributed by atoms with Crippen molar-refractivity contribution in [1.82, 2.24) is 0 Å². The van der Waals surface area contributed by atoms with Gasteiger partial charge in [-0.05, 0) is 36.5 Å². The SMILES string of the molecule is N#Cc1c(F)cc(C2CCCCC2)cc1F. The molecule has 84 valence electrons. The standard InChI is InChI=1S/C13H13F2N/c14-12-6-10(7-13(15)11(12)8-16)9-4-2-1-3-5-9/h6-7,9H,1-5H2. The maximum atomic E-state index is 13.4. The molecule has 0 unspecified atom stereocenters. The van der Waals surface area contributed by atoms with Crippen molar-refractivity contribution >= 4 is 0 Å². The smallest absolute Gasteiger partial charge is 0.144 e. The fourth-order valence-corrected chi connectivity index (χ4v) is 2.37. The lowest BCUT2D eigenvalue weighted by atomic mass is 9.84. The van der Waals surface area contributed by atoms with Gasteiger partial charge in [-0.2, -0.15) is 5.26 Å². The predicted octanol–water partition coefficient (Wildman–Crippen LogP) is 3.88. The molecule has 0 radical (unpaired) electrons. The second-order valence-corrected chi connectivity index (χ2v) is 4.31. The molecule has 0 spiro atoms. The highest BCUT2D eigenvalue weighted by Gasteiger charge is 2.19. The van der Waals surface area contributed by atoms with Crippen molar-refractivity contribution in [2.45, 2.75) is 38.0 Å². The van der Waals surface area contributed by atoms with Gasteiger partial charge in [-0.15, -0.1) is 0 Å². The van der Waals surface area contributed by atoms with E-state index >= 15 is 0 Å². The highest BCUT2D eigenvalue weighted by atomic mass is 19.1. The first kappa shape index (κ1) is 11.1. The van der Waals surface area contributed by atoms with Crippen LogP contribution in [-0.2, 0) is 0 Å². The number of benzene rings is 1. The van der Waals surface area contributed by atoms with Gasteiger partial charge in [-0.1, -0.05) is 19.3 Å². The molecule has 16 heavy (non-hydrogen) atoms. The van der Waals surface area contributed by atoms with Crippen molar-refractivity contribution in [3.05, 3.63) is 34.9 Å². The van der Waals surface area contributed by atoms with Crippen molar-refractivity contribution in [1.29, 1.82) is 5.26 Å². The third kappa shape index (κ3) is 2.06. The number of halogens is 2. The van der Waals surface area contributed by atoms with E-state index in [1.54, 1.807) is 6.07 Å². The maximum Gasteiger partial charge on any atom is 0.144 e. The van der Waals surface area contributed by atoms with Gasteiger partial charge in [-0.3, -0.25) is 0 Å². The largest absolute Gasteiger partial charge is 0.205 e. The van der Waals surface area contributed by atoms with Crippen LogP contribution in [0.2, 0.25) is 0 Å². The lowest BCUT2D eigenvalue weighted by Gasteiger charge is -2.22. The summed E-state index contributed by atoms with van der Waals surface area (Å²) in [4.78, 5) is 0. The van der Waals surface area contributed by atoms with Gasteiger partial charge in [0.1, 0.15) is 23.3 Å². The Labute approximate surface area is 93.7 Å². The first-order valence-electron chi connectivity index (χ1n) is 5.61. The van der Waals surface area contributed by atoms with E-state index in [4.69, 9.17) is 5.26 Å². The van der Waals surface area contributed by atoms with Gasteiger partial charge < -0.3 is 0 Å². The molecule has 2 rings (SSSR count). The third-order valence-electron chi connectivity index (χ3n) is 3.25. The Kier molecular flexibility index (Phi) is 3.19. The van der Waals surface area contributed by atoms with Gasteiger partial charge in [-0.25, -0.2) is 8.78 Å². The second-order valence-electron chi connectivity index (χ2n) is 4.31. The highest BCUT2D eigenvalue weighted by molar-refractivity contribution is 5.36. The van der Waals surface area contributed by atoms with E-state index in [1.165, 1.54) is 18.6 Å². The number of hydrogen-bond acceptors (Lipinski definition) is 1. The van der Waals surface area contributed by atoms with E-state index in [0.717, 1.165) is 25.7 Å². The van der Waals surface area contributed by atoms with Gasteiger partial charge in [0.2, 0.25) is 0 Å². The molecule has 0 bridgehead atoms. The third-order valence-corrected chi connectivity index (χ3v) is 3.25. The summed E-state index contributed by atoms with van der Waals surface area (Å²) in [6.07, 6.45) is 5.43. The minimum absolute atomic E-state index is 0.255. The van der Waals surface area contributed by atoms with Crippen LogP contribution in [0.1, 0.15) is 49.1 Å². The zero-order valence-electron chi connectivity index (χ0n) is 8.97. The normalized spacial score (nSPS) is 17.1. The summed E-state index contributed by atoms with van der Waals surface area (Å²) in [6, 6.07) is 4.18. The van der Waals surface area contributed by atoms with Crippen LogP contribution < -0.4 is 0 Å². The monoisotopic (exact) mass is 221 g/mol. The average molecular weight is 221 g/mol. The molecule has 0 atom stereocenters. The highest BCUT2D eigenvalue weighted by Crippen LogP contribution is 2.33. The molecular weight excluding hydrogens is 208 g/mol. The van der Waals surface area contributed by atoms with Crippen molar-refractivity contribution in [2.24, 2.45) is 0 Å². The predicted molar refractivity (Wildman–Crippen MR) is 56.9 cm³/mol. The molecule has 1 saturated carbocycles. The fraction of sp³-hybridized carbons (Fsp3) is 0.462. The molecule has 1 nitrogen and oxygen atoms in total. The Bertz CT molecular complexity index is 405. The molecule has 0 aliphatic heterocycles. The quantitative estimate of drug-likeness (QED) is 0.705. The van der Waals surface area contributed by atoms with Gasteiger partial charge in [0.05, 0.1) is 0 Å². The Morgan fingerprint density at radius 3 is 2.12 bits per heavy atom. The van der Waals surface area contributed by atoms with Crippen LogP contribution in [0, 0.1) is 23.0 Å². The van der Waals surface area contributed by atoms with E-state index in [9.17, 15) is 8.78 Å². The lowest BCUT2D eigenvalue weighted by Crippen LogP contribution is -2.06. The average Bonchev–Trinajstić information content (AvgIpc) is 2.30. The topological polar surface area (TPSA) is 23.8 Å². The van der Waals surface area contributed by atoms with E-state index in [2.05, 4.69) is 0 Å². The van der Waals surface area contributed by atoms with Crippen LogP contribution in [-0.4, -0.2) is 0 Å². The molecular formula is C13H13F2N. The minimum Gasteiger partial charge on any atom is -0.205 e. The van der Waals surface area contributed by atoms with Crippen LogP contribution >= 0.6 is 0 Å². The summed E-state index contributed by atoms with van der Waals surface area (Å²) < 4.78 is 26.8. The van der Waals surface area contributed by atoms with Gasteiger partial charge in [0.15, 0.2) is 0 Å². The minimum atomic E-state index is -0.733. The van der Waals surface area contributed by atoms with Crippen molar-refractivity contribution < 1.29 is 8.78 Å². The zero-order chi connectivity index (χ0) is 11.5. The van der Waals surface area contributed by atoms with Crippen molar-refractivity contribution in [3.63, 3.8) is 0 Å². The molecule has 1 aromatic rings. The van der Waals surface area contributed by atoms with Crippen LogP contribution in [0.25, 0.3) is 0 Å². The molecule has 3 heteroatoms. The summed E-state index contributed by atoms with van der Waals surface area (Å²) >= 11 is 0. The summed E-state index contributed by atoms with van der Waals surface area (Å²) in [5, 5.41) is 8.57. The second kappa shape index (κ2) is 4.61. The Balaban J connectivity index is 2.32. The molecule has 0 aromatic heterocycles. The zero-order valence-corrected chi connectivity index (χ0v) is 8.97. The van der Waals surface area contributed by atoms with Crippen LogP contribution in [0.15, 0.2) is 12.1 Å². The van der Waals surface area contributed by atoms with E-state index < -0.39 is 17.2 Å². The first-order chi connectivity index (χ1) is 7.72. The molecule has 1 fully saturated rings. The van der Waals surface area contributed by atoms with E-state index in [0.29, 0.717) is 5.56 Å². The summed E-state index contributed by atoms with van der Waals surface area (Å²) in [5.41, 5.74) is 0.230. The number of rotatable bonds is 1. The van der Waals surface area contributed by atoms with Crippen LogP contribution in [0.5, 0.6) is 0 Å². The Hall–Kier alpha value is -1.43. The molecule has 0 heterocycles. The van der Waals surface area contributed by atoms with Gasteiger partial charge in [0.25, 0.3) is 0 Å². The number of hydrogen-bond donors (Lipinski definition) is 0. The van der Waals surface area contributed by atoms with Gasteiger partial charge >= 0.3 is 0 Å². The summed E-state index contributed by atoms with van der Waals surface area (Å²) in [5.74, 6) is -1.21. The summed E-state index contributed by atoms with van der Waals surface area (Å²) in [6.45, 7) is 0. The van der Waals surface area contributed by atoms with Crippen molar-refractivity contribution in [3.8, 4) is 6.07 Å². The van der Waals surface area contributed by atoms with E-state index in [-0.39, 0.29) is 5.92 Å². The van der Waals surface area contributed by atoms with E-state index in [1.807, 2.05) is 0 Å². The van der Waals surface area contributed by atoms with Crippen LogP contribution in [0.4, 0.5) is 8.78 Å². The molecule has 1 aliphatic rings. The molecule has 1 aliphatic carbocycles. The van der Waals surface area contributed by atoms with Crippen LogP contribution in [0.3, 0.4) is 0 Å². The summed E-state index contributed by atoms with van der Waals surface area (Å²) in [7, 11) is 0. The molecule has 0 saturated heterocycles. The molecule has 1 aromatic carbocycles. The molecule has 0 amide bonds. The lowest BCUT2D eigenvalue weighted by molar-refractivity contribution is 0.439. The Morgan fingerprint density at radius 1 is 1.06 bits per heavy atom. The number of nitriles is 1. The number of nitrogens with zero attached hydrogens (tertiary/aromatic N) is 1. The Morgan fingerprint density at radius 2 is 1.62 bits per heavy atom. The van der Waals surface area contributed by atoms with Gasteiger partial charge in [0, 0.05) is 0 Å². The molecule has 0 N–H and O–H groups in total. The maximum absolute atomic E-state index is 13.4. The van der Waals surface area contributed by atoms with Crippen molar-refractivity contribution in [2.75, 3.05) is 0 Å².